The molecule has 0 spiro atoms. The molecule has 15 heavy (non-hydrogen) atoms. The zero-order valence-electron chi connectivity index (χ0n) is 8.87. The van der Waals surface area contributed by atoms with Gasteiger partial charge in [-0.2, -0.15) is 0 Å². The Balaban J connectivity index is 1.93. The van der Waals surface area contributed by atoms with Crippen molar-refractivity contribution < 1.29 is 0 Å². The first kappa shape index (κ1) is 9.09. The van der Waals surface area contributed by atoms with E-state index in [1.807, 2.05) is 0 Å². The number of piperazine rings is 1. The van der Waals surface area contributed by atoms with E-state index in [0.29, 0.717) is 0 Å². The van der Waals surface area contributed by atoms with E-state index in [1.165, 1.54) is 23.5 Å². The molecule has 1 aliphatic heterocycles. The van der Waals surface area contributed by atoms with E-state index in [9.17, 15) is 0 Å². The van der Waals surface area contributed by atoms with Crippen LogP contribution in [-0.4, -0.2) is 36.1 Å². The molecule has 3 rings (SSSR count). The van der Waals surface area contributed by atoms with E-state index in [1.54, 1.807) is 6.33 Å². The molecule has 0 radical (unpaired) electrons. The molecule has 2 heterocycles. The van der Waals surface area contributed by atoms with Gasteiger partial charge in [0.1, 0.15) is 12.1 Å². The summed E-state index contributed by atoms with van der Waals surface area (Å²) >= 11 is 0. The van der Waals surface area contributed by atoms with Gasteiger partial charge in [0.15, 0.2) is 0 Å². The van der Waals surface area contributed by atoms with E-state index in [4.69, 9.17) is 0 Å². The lowest BCUT2D eigenvalue weighted by atomic mass is 10.2. The number of fused-ring (bicyclic) bond motifs is 1. The van der Waals surface area contributed by atoms with Gasteiger partial charge in [-0.05, 0) is 19.3 Å². The molecule has 0 aromatic carbocycles. The van der Waals surface area contributed by atoms with Crippen molar-refractivity contribution in [1.82, 2.24) is 15.3 Å². The summed E-state index contributed by atoms with van der Waals surface area (Å²) in [6, 6.07) is 0. The van der Waals surface area contributed by atoms with Gasteiger partial charge < -0.3 is 10.2 Å². The van der Waals surface area contributed by atoms with E-state index in [0.717, 1.165) is 39.0 Å². The zero-order valence-corrected chi connectivity index (χ0v) is 8.87. The molecule has 1 fully saturated rings. The van der Waals surface area contributed by atoms with Crippen LogP contribution in [0.4, 0.5) is 5.82 Å². The first-order chi connectivity index (χ1) is 7.45. The van der Waals surface area contributed by atoms with Gasteiger partial charge >= 0.3 is 0 Å². The van der Waals surface area contributed by atoms with Crippen LogP contribution in [0.5, 0.6) is 0 Å². The maximum atomic E-state index is 4.46. The van der Waals surface area contributed by atoms with Crippen LogP contribution in [0.3, 0.4) is 0 Å². The predicted octanol–water partition coefficient (Wildman–Crippen LogP) is 0.375. The largest absolute Gasteiger partial charge is 0.354 e. The summed E-state index contributed by atoms with van der Waals surface area (Å²) in [7, 11) is 0. The van der Waals surface area contributed by atoms with Gasteiger partial charge in [0.05, 0.1) is 0 Å². The molecule has 0 unspecified atom stereocenters. The number of anilines is 1. The van der Waals surface area contributed by atoms with Crippen LogP contribution in [-0.2, 0) is 12.8 Å². The first-order valence-corrected chi connectivity index (χ1v) is 5.73. The van der Waals surface area contributed by atoms with E-state index in [2.05, 4.69) is 20.2 Å². The van der Waals surface area contributed by atoms with Gasteiger partial charge in [0.2, 0.25) is 0 Å². The van der Waals surface area contributed by atoms with Gasteiger partial charge in [-0.1, -0.05) is 0 Å². The summed E-state index contributed by atoms with van der Waals surface area (Å²) < 4.78 is 0. The van der Waals surface area contributed by atoms with Crippen molar-refractivity contribution in [1.29, 1.82) is 0 Å². The molecule has 0 atom stereocenters. The molecule has 1 aromatic heterocycles. The summed E-state index contributed by atoms with van der Waals surface area (Å²) in [4.78, 5) is 11.2. The van der Waals surface area contributed by atoms with Crippen LogP contribution in [0.2, 0.25) is 0 Å². The highest BCUT2D eigenvalue weighted by molar-refractivity contribution is 5.50. The number of rotatable bonds is 1. The summed E-state index contributed by atoms with van der Waals surface area (Å²) in [6.45, 7) is 4.28. The minimum absolute atomic E-state index is 1.07. The minimum atomic E-state index is 1.07. The second-order valence-corrected chi connectivity index (χ2v) is 4.21. The Morgan fingerprint density at radius 1 is 1.13 bits per heavy atom. The smallest absolute Gasteiger partial charge is 0.135 e. The highest BCUT2D eigenvalue weighted by Gasteiger charge is 2.21. The molecule has 1 saturated heterocycles. The van der Waals surface area contributed by atoms with Gasteiger partial charge in [0, 0.05) is 37.4 Å². The number of aromatic nitrogens is 2. The van der Waals surface area contributed by atoms with Gasteiger partial charge in [0.25, 0.3) is 0 Å². The van der Waals surface area contributed by atoms with Crippen LogP contribution in [0.1, 0.15) is 17.7 Å². The number of hydrogen-bond donors (Lipinski definition) is 1. The maximum Gasteiger partial charge on any atom is 0.135 e. The molecule has 80 valence electrons. The summed E-state index contributed by atoms with van der Waals surface area (Å²) in [5, 5.41) is 3.37. The van der Waals surface area contributed by atoms with Crippen LogP contribution in [0.25, 0.3) is 0 Å². The normalized spacial score (nSPS) is 20.4. The van der Waals surface area contributed by atoms with Crippen molar-refractivity contribution in [3.63, 3.8) is 0 Å². The molecule has 1 aromatic rings. The first-order valence-electron chi connectivity index (χ1n) is 5.73. The number of aryl methyl sites for hydroxylation is 1. The second-order valence-electron chi connectivity index (χ2n) is 4.21. The molecule has 1 aliphatic carbocycles. The Bertz CT molecular complexity index is 358. The molecule has 4 nitrogen and oxygen atoms in total. The molecule has 1 N–H and O–H groups in total. The Labute approximate surface area is 89.7 Å². The average molecular weight is 204 g/mol. The minimum Gasteiger partial charge on any atom is -0.354 e. The SMILES string of the molecule is c1nc2c(c(N3CCNCC3)n1)CCC2. The Morgan fingerprint density at radius 3 is 2.87 bits per heavy atom. The molecule has 0 bridgehead atoms. The highest BCUT2D eigenvalue weighted by atomic mass is 15.2. The lowest BCUT2D eigenvalue weighted by molar-refractivity contribution is 0.583. The number of hydrogen-bond acceptors (Lipinski definition) is 4. The standard InChI is InChI=1S/C11H16N4/c1-2-9-10(3-1)13-8-14-11(9)15-6-4-12-5-7-15/h8,12H,1-7H2. The van der Waals surface area contributed by atoms with Gasteiger partial charge in [-0.25, -0.2) is 9.97 Å². The monoisotopic (exact) mass is 204 g/mol. The fraction of sp³-hybridized carbons (Fsp3) is 0.636. The lowest BCUT2D eigenvalue weighted by Crippen LogP contribution is -2.44. The third-order valence-electron chi connectivity index (χ3n) is 3.27. The van der Waals surface area contributed by atoms with Crippen LogP contribution in [0.15, 0.2) is 6.33 Å². The van der Waals surface area contributed by atoms with Gasteiger partial charge in [-0.3, -0.25) is 0 Å². The molecular weight excluding hydrogens is 188 g/mol. The van der Waals surface area contributed by atoms with Crippen molar-refractivity contribution >= 4 is 5.82 Å². The highest BCUT2D eigenvalue weighted by Crippen LogP contribution is 2.27. The second kappa shape index (κ2) is 3.77. The van der Waals surface area contributed by atoms with Crippen LogP contribution < -0.4 is 10.2 Å². The molecule has 0 amide bonds. The molecule has 4 heteroatoms. The van der Waals surface area contributed by atoms with Crippen molar-refractivity contribution in [2.45, 2.75) is 19.3 Å². The zero-order chi connectivity index (χ0) is 10.1. The van der Waals surface area contributed by atoms with E-state index < -0.39 is 0 Å². The molecular formula is C11H16N4. The fourth-order valence-electron chi connectivity index (χ4n) is 2.49. The Morgan fingerprint density at radius 2 is 2.00 bits per heavy atom. The summed E-state index contributed by atoms with van der Waals surface area (Å²) in [6.07, 6.45) is 5.26. The Hall–Kier alpha value is -1.16. The molecule has 2 aliphatic rings. The quantitative estimate of drug-likeness (QED) is 0.718. The fourth-order valence-corrected chi connectivity index (χ4v) is 2.49. The number of nitrogens with zero attached hydrogens (tertiary/aromatic N) is 3. The van der Waals surface area contributed by atoms with Crippen molar-refractivity contribution in [3.05, 3.63) is 17.6 Å². The lowest BCUT2D eigenvalue weighted by Gasteiger charge is -2.29. The third kappa shape index (κ3) is 1.59. The van der Waals surface area contributed by atoms with Crippen molar-refractivity contribution in [2.24, 2.45) is 0 Å². The van der Waals surface area contributed by atoms with Crippen LogP contribution >= 0.6 is 0 Å². The maximum absolute atomic E-state index is 4.46. The Kier molecular flexibility index (Phi) is 2.29. The van der Waals surface area contributed by atoms with E-state index in [-0.39, 0.29) is 0 Å². The van der Waals surface area contributed by atoms with Crippen LogP contribution in [0, 0.1) is 0 Å². The van der Waals surface area contributed by atoms with Gasteiger partial charge in [-0.15, -0.1) is 0 Å². The van der Waals surface area contributed by atoms with Crippen molar-refractivity contribution in [2.75, 3.05) is 31.1 Å². The predicted molar refractivity (Wildman–Crippen MR) is 59.1 cm³/mol. The molecule has 0 saturated carbocycles. The topological polar surface area (TPSA) is 41.1 Å². The third-order valence-corrected chi connectivity index (χ3v) is 3.27. The van der Waals surface area contributed by atoms with E-state index >= 15 is 0 Å². The van der Waals surface area contributed by atoms with Crippen molar-refractivity contribution in [3.8, 4) is 0 Å². The number of nitrogens with one attached hydrogen (secondary N) is 1. The summed E-state index contributed by atoms with van der Waals surface area (Å²) in [5.74, 6) is 1.19. The summed E-state index contributed by atoms with van der Waals surface area (Å²) in [5.41, 5.74) is 2.68. The average Bonchev–Trinajstić information content (AvgIpc) is 2.78.